The third kappa shape index (κ3) is 3.10. The molecule has 0 N–H and O–H groups in total. The number of carbonyl (C=O) groups excluding carboxylic acids is 1. The molecule has 1 rings (SSSR count). The van der Waals surface area contributed by atoms with Gasteiger partial charge in [-0.3, -0.25) is 4.79 Å². The van der Waals surface area contributed by atoms with Crippen molar-refractivity contribution in [3.63, 3.8) is 0 Å². The van der Waals surface area contributed by atoms with E-state index < -0.39 is 0 Å². The molecule has 19 heavy (non-hydrogen) atoms. The summed E-state index contributed by atoms with van der Waals surface area (Å²) in [7, 11) is 6.00. The summed E-state index contributed by atoms with van der Waals surface area (Å²) in [5, 5.41) is 0. The topological polar surface area (TPSA) is 54.0 Å². The Bertz CT molecular complexity index is 416. The van der Waals surface area contributed by atoms with Gasteiger partial charge in [0.25, 0.3) is 0 Å². The van der Waals surface area contributed by atoms with Crippen molar-refractivity contribution in [2.45, 2.75) is 19.3 Å². The van der Waals surface area contributed by atoms with E-state index in [4.69, 9.17) is 18.9 Å². The molecule has 1 aromatic carbocycles. The highest BCUT2D eigenvalue weighted by Gasteiger charge is 2.23. The molecule has 0 aliphatic carbocycles. The van der Waals surface area contributed by atoms with Crippen molar-refractivity contribution in [2.24, 2.45) is 0 Å². The highest BCUT2D eigenvalue weighted by molar-refractivity contribution is 5.78. The molecule has 5 nitrogen and oxygen atoms in total. The molecule has 1 unspecified atom stereocenters. The van der Waals surface area contributed by atoms with E-state index in [1.807, 2.05) is 6.92 Å². The molecule has 0 fully saturated rings. The normalized spacial score (nSPS) is 11.6. The Morgan fingerprint density at radius 3 is 1.89 bits per heavy atom. The van der Waals surface area contributed by atoms with Crippen LogP contribution in [0.25, 0.3) is 0 Å². The van der Waals surface area contributed by atoms with Gasteiger partial charge in [0, 0.05) is 0 Å². The van der Waals surface area contributed by atoms with Crippen LogP contribution in [-0.4, -0.2) is 34.4 Å². The van der Waals surface area contributed by atoms with Gasteiger partial charge in [-0.05, 0) is 24.1 Å². The predicted octanol–water partition coefficient (Wildman–Crippen LogP) is 2.38. The van der Waals surface area contributed by atoms with Crippen molar-refractivity contribution in [2.75, 3.05) is 28.4 Å². The molecule has 0 heterocycles. The lowest BCUT2D eigenvalue weighted by Gasteiger charge is -2.18. The van der Waals surface area contributed by atoms with E-state index in [1.54, 1.807) is 26.4 Å². The molecule has 0 saturated heterocycles. The zero-order valence-electron chi connectivity index (χ0n) is 12.0. The molecule has 0 radical (unpaired) electrons. The van der Waals surface area contributed by atoms with Crippen molar-refractivity contribution in [1.29, 1.82) is 0 Å². The first kappa shape index (κ1) is 15.1. The van der Waals surface area contributed by atoms with E-state index in [9.17, 15) is 4.79 Å². The van der Waals surface area contributed by atoms with E-state index in [-0.39, 0.29) is 11.9 Å². The van der Waals surface area contributed by atoms with Gasteiger partial charge in [0.15, 0.2) is 11.5 Å². The number of hydrogen-bond donors (Lipinski definition) is 0. The second-order valence-electron chi connectivity index (χ2n) is 3.94. The first-order chi connectivity index (χ1) is 9.12. The summed E-state index contributed by atoms with van der Waals surface area (Å²) in [6, 6.07) is 3.54. The van der Waals surface area contributed by atoms with Gasteiger partial charge in [0.1, 0.15) is 0 Å². The molecule has 106 valence electrons. The van der Waals surface area contributed by atoms with Gasteiger partial charge in [-0.25, -0.2) is 0 Å². The largest absolute Gasteiger partial charge is 0.493 e. The second kappa shape index (κ2) is 6.87. The Balaban J connectivity index is 3.32. The number of benzene rings is 1. The zero-order valence-corrected chi connectivity index (χ0v) is 12.0. The molecule has 0 aliphatic heterocycles. The van der Waals surface area contributed by atoms with Gasteiger partial charge < -0.3 is 18.9 Å². The Labute approximate surface area is 113 Å². The highest BCUT2D eigenvalue weighted by atomic mass is 16.5. The fraction of sp³-hybridized carbons (Fsp3) is 0.500. The van der Waals surface area contributed by atoms with Crippen molar-refractivity contribution in [3.8, 4) is 17.2 Å². The third-order valence-corrected chi connectivity index (χ3v) is 2.98. The number of ether oxygens (including phenoxy) is 4. The minimum atomic E-state index is -0.348. The van der Waals surface area contributed by atoms with Gasteiger partial charge in [-0.1, -0.05) is 6.92 Å². The third-order valence-electron chi connectivity index (χ3n) is 2.98. The molecule has 0 saturated carbocycles. The molecule has 1 aromatic rings. The van der Waals surface area contributed by atoms with E-state index in [2.05, 4.69) is 0 Å². The van der Waals surface area contributed by atoms with Crippen molar-refractivity contribution < 1.29 is 23.7 Å². The van der Waals surface area contributed by atoms with E-state index in [0.717, 1.165) is 5.56 Å². The molecular weight excluding hydrogens is 248 g/mol. The summed E-state index contributed by atoms with van der Waals surface area (Å²) in [5.74, 6) is 0.933. The van der Waals surface area contributed by atoms with Crippen molar-refractivity contribution >= 4 is 5.97 Å². The van der Waals surface area contributed by atoms with Crippen LogP contribution in [0.3, 0.4) is 0 Å². The minimum absolute atomic E-state index is 0.281. The Kier molecular flexibility index (Phi) is 5.48. The minimum Gasteiger partial charge on any atom is -0.493 e. The van der Waals surface area contributed by atoms with Crippen molar-refractivity contribution in [3.05, 3.63) is 17.7 Å². The first-order valence-corrected chi connectivity index (χ1v) is 6.00. The van der Waals surface area contributed by atoms with E-state index in [0.29, 0.717) is 23.7 Å². The standard InChI is InChI=1S/C14H20O5/c1-6-10(14(15)19-5)9-7-11(16-2)13(18-4)12(8-9)17-3/h7-8,10H,6H2,1-5H3. The summed E-state index contributed by atoms with van der Waals surface area (Å²) >= 11 is 0. The molecule has 5 heteroatoms. The van der Waals surface area contributed by atoms with Gasteiger partial charge in [-0.2, -0.15) is 0 Å². The van der Waals surface area contributed by atoms with Crippen LogP contribution >= 0.6 is 0 Å². The number of esters is 1. The lowest BCUT2D eigenvalue weighted by molar-refractivity contribution is -0.142. The number of rotatable bonds is 6. The zero-order chi connectivity index (χ0) is 14.4. The average Bonchev–Trinajstić information content (AvgIpc) is 2.46. The summed E-state index contributed by atoms with van der Waals surface area (Å²) in [5.41, 5.74) is 0.781. The first-order valence-electron chi connectivity index (χ1n) is 6.00. The van der Waals surface area contributed by atoms with Gasteiger partial charge in [-0.15, -0.1) is 0 Å². The fourth-order valence-electron chi connectivity index (χ4n) is 1.98. The lowest BCUT2D eigenvalue weighted by atomic mass is 9.96. The number of hydrogen-bond acceptors (Lipinski definition) is 5. The SMILES string of the molecule is CCC(C(=O)OC)c1cc(OC)c(OC)c(OC)c1. The van der Waals surface area contributed by atoms with Crippen LogP contribution in [0.2, 0.25) is 0 Å². The Morgan fingerprint density at radius 1 is 1.05 bits per heavy atom. The molecule has 1 atom stereocenters. The maximum absolute atomic E-state index is 11.8. The summed E-state index contributed by atoms with van der Waals surface area (Å²) in [4.78, 5) is 11.8. The van der Waals surface area contributed by atoms with Crippen LogP contribution in [0.1, 0.15) is 24.8 Å². The maximum Gasteiger partial charge on any atom is 0.313 e. The van der Waals surface area contributed by atoms with E-state index >= 15 is 0 Å². The molecule has 0 aromatic heterocycles. The van der Waals surface area contributed by atoms with E-state index in [1.165, 1.54) is 14.2 Å². The van der Waals surface area contributed by atoms with Crippen LogP contribution < -0.4 is 14.2 Å². The fourth-order valence-corrected chi connectivity index (χ4v) is 1.98. The number of carbonyl (C=O) groups is 1. The maximum atomic E-state index is 11.8. The molecular formula is C14H20O5. The van der Waals surface area contributed by atoms with Crippen LogP contribution in [0.15, 0.2) is 12.1 Å². The lowest BCUT2D eigenvalue weighted by Crippen LogP contribution is -2.13. The average molecular weight is 268 g/mol. The summed E-state index contributed by atoms with van der Waals surface area (Å²) in [6.45, 7) is 1.92. The summed E-state index contributed by atoms with van der Waals surface area (Å²) in [6.07, 6.45) is 0.630. The van der Waals surface area contributed by atoms with Crippen LogP contribution in [0.5, 0.6) is 17.2 Å². The van der Waals surface area contributed by atoms with Gasteiger partial charge >= 0.3 is 5.97 Å². The quantitative estimate of drug-likeness (QED) is 0.741. The van der Waals surface area contributed by atoms with Crippen LogP contribution in [-0.2, 0) is 9.53 Å². The molecule has 0 spiro atoms. The van der Waals surface area contributed by atoms with Gasteiger partial charge in [0.2, 0.25) is 5.75 Å². The second-order valence-corrected chi connectivity index (χ2v) is 3.94. The van der Waals surface area contributed by atoms with Gasteiger partial charge in [0.05, 0.1) is 34.4 Å². The van der Waals surface area contributed by atoms with Crippen molar-refractivity contribution in [1.82, 2.24) is 0 Å². The number of methoxy groups -OCH3 is 4. The summed E-state index contributed by atoms with van der Waals surface area (Å²) < 4.78 is 20.6. The molecule has 0 amide bonds. The Morgan fingerprint density at radius 2 is 1.58 bits per heavy atom. The molecule has 0 bridgehead atoms. The Hall–Kier alpha value is -1.91. The highest BCUT2D eigenvalue weighted by Crippen LogP contribution is 2.40. The monoisotopic (exact) mass is 268 g/mol. The van der Waals surface area contributed by atoms with Crippen LogP contribution in [0.4, 0.5) is 0 Å². The van der Waals surface area contributed by atoms with Crippen LogP contribution in [0, 0.1) is 0 Å². The predicted molar refractivity (Wildman–Crippen MR) is 71.1 cm³/mol. The molecule has 0 aliphatic rings. The smallest absolute Gasteiger partial charge is 0.313 e.